The predicted octanol–water partition coefficient (Wildman–Crippen LogP) is 2.87. The fourth-order valence-electron chi connectivity index (χ4n) is 5.57. The van der Waals surface area contributed by atoms with Gasteiger partial charge in [-0.1, -0.05) is 13.8 Å². The molecule has 4 bridgehead atoms. The molecule has 0 saturated heterocycles. The molecule has 3 nitrogen and oxygen atoms in total. The third-order valence-corrected chi connectivity index (χ3v) is 6.23. The maximum atomic E-state index is 12.8. The Hall–Kier alpha value is -0.570. The highest BCUT2D eigenvalue weighted by molar-refractivity contribution is 5.83. The average Bonchev–Trinajstić information content (AvgIpc) is 2.33. The van der Waals surface area contributed by atoms with Gasteiger partial charge in [0.2, 0.25) is 5.91 Å². The van der Waals surface area contributed by atoms with E-state index in [9.17, 15) is 9.90 Å². The minimum atomic E-state index is -0.776. The van der Waals surface area contributed by atoms with Crippen LogP contribution in [0, 0.1) is 22.7 Å². The Balaban J connectivity index is 1.71. The summed E-state index contributed by atoms with van der Waals surface area (Å²) in [6, 6.07) is 0. The number of rotatable bonds is 4. The SMILES string of the molecule is CCC(C)(O)CNC(=O)C12CC3CC(CC(C)(C3)C1)C2. The molecule has 20 heavy (non-hydrogen) atoms. The van der Waals surface area contributed by atoms with Gasteiger partial charge in [-0.25, -0.2) is 0 Å². The van der Waals surface area contributed by atoms with Gasteiger partial charge >= 0.3 is 0 Å². The van der Waals surface area contributed by atoms with E-state index in [1.807, 2.05) is 6.92 Å². The van der Waals surface area contributed by atoms with Crippen molar-refractivity contribution in [2.45, 2.75) is 71.3 Å². The number of hydrogen-bond donors (Lipinski definition) is 2. The van der Waals surface area contributed by atoms with Gasteiger partial charge in [0.25, 0.3) is 0 Å². The number of hydrogen-bond acceptors (Lipinski definition) is 2. The van der Waals surface area contributed by atoms with Crippen LogP contribution in [0.15, 0.2) is 0 Å². The predicted molar refractivity (Wildman–Crippen MR) is 79.1 cm³/mol. The van der Waals surface area contributed by atoms with Crippen molar-refractivity contribution in [1.29, 1.82) is 0 Å². The van der Waals surface area contributed by atoms with Gasteiger partial charge in [0.05, 0.1) is 11.0 Å². The highest BCUT2D eigenvalue weighted by atomic mass is 16.3. The van der Waals surface area contributed by atoms with Crippen molar-refractivity contribution in [2.75, 3.05) is 6.54 Å². The topological polar surface area (TPSA) is 49.3 Å². The molecule has 114 valence electrons. The summed E-state index contributed by atoms with van der Waals surface area (Å²) in [6.07, 6.45) is 7.89. The lowest BCUT2D eigenvalue weighted by molar-refractivity contribution is -0.156. The van der Waals surface area contributed by atoms with E-state index < -0.39 is 5.60 Å². The molecule has 4 aliphatic rings. The average molecular weight is 279 g/mol. The van der Waals surface area contributed by atoms with Crippen LogP contribution in [-0.4, -0.2) is 23.2 Å². The molecule has 0 radical (unpaired) electrons. The molecule has 4 saturated carbocycles. The van der Waals surface area contributed by atoms with Crippen LogP contribution >= 0.6 is 0 Å². The van der Waals surface area contributed by atoms with Crippen molar-refractivity contribution in [3.63, 3.8) is 0 Å². The number of amides is 1. The molecular formula is C17H29NO2. The quantitative estimate of drug-likeness (QED) is 0.831. The zero-order valence-corrected chi connectivity index (χ0v) is 13.2. The number of carbonyl (C=O) groups excluding carboxylic acids is 1. The third-order valence-electron chi connectivity index (χ3n) is 6.23. The van der Waals surface area contributed by atoms with Crippen molar-refractivity contribution in [3.05, 3.63) is 0 Å². The van der Waals surface area contributed by atoms with Crippen molar-refractivity contribution < 1.29 is 9.90 Å². The molecule has 0 heterocycles. The number of aliphatic hydroxyl groups is 1. The van der Waals surface area contributed by atoms with Crippen LogP contribution in [0.5, 0.6) is 0 Å². The van der Waals surface area contributed by atoms with Gasteiger partial charge in [-0.3, -0.25) is 4.79 Å². The molecule has 0 aromatic heterocycles. The zero-order valence-electron chi connectivity index (χ0n) is 13.2. The van der Waals surface area contributed by atoms with Gasteiger partial charge in [0.15, 0.2) is 0 Å². The smallest absolute Gasteiger partial charge is 0.226 e. The number of carbonyl (C=O) groups is 1. The van der Waals surface area contributed by atoms with E-state index >= 15 is 0 Å². The van der Waals surface area contributed by atoms with E-state index in [1.165, 1.54) is 19.3 Å². The molecule has 2 N–H and O–H groups in total. The summed E-state index contributed by atoms with van der Waals surface area (Å²) in [5.74, 6) is 1.74. The maximum Gasteiger partial charge on any atom is 0.226 e. The first-order valence-corrected chi connectivity index (χ1v) is 8.27. The largest absolute Gasteiger partial charge is 0.388 e. The summed E-state index contributed by atoms with van der Waals surface area (Å²) in [7, 11) is 0. The van der Waals surface area contributed by atoms with Crippen molar-refractivity contribution in [3.8, 4) is 0 Å². The summed E-state index contributed by atoms with van der Waals surface area (Å²) in [4.78, 5) is 12.8. The lowest BCUT2D eigenvalue weighted by Gasteiger charge is -2.60. The van der Waals surface area contributed by atoms with Gasteiger partial charge < -0.3 is 10.4 Å². The van der Waals surface area contributed by atoms with Crippen molar-refractivity contribution in [1.82, 2.24) is 5.32 Å². The molecule has 1 amide bonds. The molecule has 4 aliphatic carbocycles. The Labute approximate surface area is 122 Å². The van der Waals surface area contributed by atoms with Gasteiger partial charge in [0.1, 0.15) is 0 Å². The summed E-state index contributed by atoms with van der Waals surface area (Å²) in [5.41, 5.74) is -0.501. The lowest BCUT2D eigenvalue weighted by Crippen LogP contribution is -2.57. The minimum Gasteiger partial charge on any atom is -0.388 e. The van der Waals surface area contributed by atoms with E-state index in [-0.39, 0.29) is 11.3 Å². The Morgan fingerprint density at radius 2 is 1.90 bits per heavy atom. The number of nitrogens with one attached hydrogen (secondary N) is 1. The second-order valence-electron chi connectivity index (χ2n) is 8.59. The highest BCUT2D eigenvalue weighted by Crippen LogP contribution is 2.65. The monoisotopic (exact) mass is 279 g/mol. The first kappa shape index (κ1) is 14.4. The zero-order chi connectivity index (χ0) is 14.6. The molecular weight excluding hydrogens is 250 g/mol. The minimum absolute atomic E-state index is 0.122. The fourth-order valence-corrected chi connectivity index (χ4v) is 5.57. The summed E-state index contributed by atoms with van der Waals surface area (Å²) >= 11 is 0. The van der Waals surface area contributed by atoms with Gasteiger partial charge in [0, 0.05) is 6.54 Å². The van der Waals surface area contributed by atoms with E-state index in [4.69, 9.17) is 0 Å². The van der Waals surface area contributed by atoms with Crippen LogP contribution in [0.25, 0.3) is 0 Å². The first-order chi connectivity index (χ1) is 9.26. The second kappa shape index (κ2) is 4.46. The van der Waals surface area contributed by atoms with Crippen LogP contribution in [0.1, 0.15) is 65.7 Å². The molecule has 0 aromatic rings. The van der Waals surface area contributed by atoms with Crippen LogP contribution in [0.2, 0.25) is 0 Å². The van der Waals surface area contributed by atoms with Crippen LogP contribution < -0.4 is 5.32 Å². The molecule has 4 rings (SSSR count). The van der Waals surface area contributed by atoms with E-state index in [2.05, 4.69) is 12.2 Å². The Kier molecular flexibility index (Phi) is 3.20. The molecule has 3 heteroatoms. The van der Waals surface area contributed by atoms with Crippen molar-refractivity contribution >= 4 is 5.91 Å². The highest BCUT2D eigenvalue weighted by Gasteiger charge is 2.58. The maximum absolute atomic E-state index is 12.8. The van der Waals surface area contributed by atoms with Gasteiger partial charge in [-0.2, -0.15) is 0 Å². The van der Waals surface area contributed by atoms with Gasteiger partial charge in [-0.15, -0.1) is 0 Å². The normalized spacial score (nSPS) is 45.2. The van der Waals surface area contributed by atoms with Crippen LogP contribution in [0.3, 0.4) is 0 Å². The van der Waals surface area contributed by atoms with Crippen LogP contribution in [0.4, 0.5) is 0 Å². The molecule has 0 aliphatic heterocycles. The third kappa shape index (κ3) is 2.38. The Morgan fingerprint density at radius 1 is 1.30 bits per heavy atom. The Bertz CT molecular complexity index is 401. The van der Waals surface area contributed by atoms with Crippen LogP contribution in [-0.2, 0) is 4.79 Å². The van der Waals surface area contributed by atoms with E-state index in [0.717, 1.165) is 31.1 Å². The first-order valence-electron chi connectivity index (χ1n) is 8.27. The van der Waals surface area contributed by atoms with Gasteiger partial charge in [-0.05, 0) is 69.1 Å². The lowest BCUT2D eigenvalue weighted by atomic mass is 9.44. The summed E-state index contributed by atoms with van der Waals surface area (Å²) in [5, 5.41) is 13.1. The molecule has 3 atom stereocenters. The standard InChI is InChI=1S/C17H29NO2/c1-4-16(3,20)11-18-14(19)17-8-12-5-13(9-17)7-15(2,6-12)10-17/h12-13,20H,4-11H2,1-3H3,(H,18,19). The second-order valence-corrected chi connectivity index (χ2v) is 8.59. The fraction of sp³-hybridized carbons (Fsp3) is 0.941. The molecule has 0 aromatic carbocycles. The molecule has 0 spiro atoms. The van der Waals surface area contributed by atoms with E-state index in [0.29, 0.717) is 18.4 Å². The van der Waals surface area contributed by atoms with Crippen molar-refractivity contribution in [2.24, 2.45) is 22.7 Å². The summed E-state index contributed by atoms with van der Waals surface area (Å²) < 4.78 is 0. The molecule has 3 unspecified atom stereocenters. The van der Waals surface area contributed by atoms with E-state index in [1.54, 1.807) is 6.92 Å². The molecule has 4 fully saturated rings. The summed E-state index contributed by atoms with van der Waals surface area (Å²) in [6.45, 7) is 6.52. The Morgan fingerprint density at radius 3 is 2.40 bits per heavy atom.